The fraction of sp³-hybridized carbons (Fsp3) is 0.714. The summed E-state index contributed by atoms with van der Waals surface area (Å²) in [5.41, 5.74) is 0.280. The Labute approximate surface area is 122 Å². The summed E-state index contributed by atoms with van der Waals surface area (Å²) in [6.07, 6.45) is 7.29. The van der Waals surface area contributed by atoms with E-state index < -0.39 is 5.60 Å². The van der Waals surface area contributed by atoms with Crippen LogP contribution in [0.2, 0.25) is 0 Å². The molecule has 0 aliphatic heterocycles. The third-order valence-corrected chi connectivity index (χ3v) is 4.82. The van der Waals surface area contributed by atoms with E-state index >= 15 is 0 Å². The molecule has 0 bridgehead atoms. The topological polar surface area (TPSA) is 55.0 Å². The van der Waals surface area contributed by atoms with Crippen molar-refractivity contribution in [2.45, 2.75) is 57.5 Å². The summed E-state index contributed by atoms with van der Waals surface area (Å²) < 4.78 is 6.33. The lowest BCUT2D eigenvalue weighted by Gasteiger charge is -2.30. The molecule has 0 spiro atoms. The van der Waals surface area contributed by atoms with Gasteiger partial charge in [-0.15, -0.1) is 0 Å². The van der Waals surface area contributed by atoms with Crippen molar-refractivity contribution in [3.8, 4) is 0 Å². The van der Waals surface area contributed by atoms with Crippen LogP contribution in [0.15, 0.2) is 9.27 Å². The second-order valence-electron chi connectivity index (χ2n) is 5.14. The Kier molecular flexibility index (Phi) is 4.79. The Balaban J connectivity index is 2.48. The molecule has 1 saturated carbocycles. The fourth-order valence-corrected chi connectivity index (χ4v) is 3.26. The van der Waals surface area contributed by atoms with Gasteiger partial charge in [-0.05, 0) is 35.2 Å². The molecule has 1 aromatic rings. The number of hydrogen-bond acceptors (Lipinski definition) is 3. The first-order chi connectivity index (χ1) is 9.13. The van der Waals surface area contributed by atoms with Crippen LogP contribution >= 0.6 is 15.9 Å². The number of aromatic nitrogens is 2. The number of halogens is 1. The number of aryl methyl sites for hydroxylation is 1. The molecule has 0 saturated heterocycles. The van der Waals surface area contributed by atoms with Gasteiger partial charge in [0, 0.05) is 7.11 Å². The summed E-state index contributed by atoms with van der Waals surface area (Å²) in [7, 11) is 1.72. The van der Waals surface area contributed by atoms with Crippen molar-refractivity contribution in [1.29, 1.82) is 0 Å². The molecule has 0 atom stereocenters. The Morgan fingerprint density at radius 1 is 1.32 bits per heavy atom. The molecule has 1 aliphatic carbocycles. The lowest BCUT2D eigenvalue weighted by atomic mass is 9.93. The van der Waals surface area contributed by atoms with Gasteiger partial charge in [0.05, 0.1) is 5.69 Å². The van der Waals surface area contributed by atoms with E-state index in [9.17, 15) is 4.79 Å². The van der Waals surface area contributed by atoms with E-state index in [1.165, 1.54) is 12.8 Å². The van der Waals surface area contributed by atoms with Crippen LogP contribution < -0.4 is 5.56 Å². The first kappa shape index (κ1) is 14.7. The smallest absolute Gasteiger partial charge is 0.265 e. The highest BCUT2D eigenvalue weighted by Crippen LogP contribution is 2.37. The maximum Gasteiger partial charge on any atom is 0.265 e. The van der Waals surface area contributed by atoms with Gasteiger partial charge in [-0.2, -0.15) is 0 Å². The summed E-state index contributed by atoms with van der Waals surface area (Å²) in [6.45, 7) is 2.00. The molecule has 4 nitrogen and oxygen atoms in total. The molecule has 19 heavy (non-hydrogen) atoms. The number of aromatic amines is 1. The number of H-pyrrole nitrogens is 1. The van der Waals surface area contributed by atoms with Gasteiger partial charge < -0.3 is 9.72 Å². The Hall–Kier alpha value is -0.680. The van der Waals surface area contributed by atoms with Gasteiger partial charge in [-0.1, -0.05) is 32.6 Å². The van der Waals surface area contributed by atoms with Crippen LogP contribution in [-0.4, -0.2) is 17.1 Å². The average Bonchev–Trinajstić information content (AvgIpc) is 2.68. The molecule has 1 N–H and O–H groups in total. The van der Waals surface area contributed by atoms with Crippen LogP contribution in [0.25, 0.3) is 0 Å². The van der Waals surface area contributed by atoms with Crippen molar-refractivity contribution >= 4 is 15.9 Å². The number of nitrogens with zero attached hydrogens (tertiary/aromatic N) is 1. The van der Waals surface area contributed by atoms with Gasteiger partial charge in [0.15, 0.2) is 0 Å². The van der Waals surface area contributed by atoms with Crippen molar-refractivity contribution in [1.82, 2.24) is 9.97 Å². The molecule has 2 rings (SSSR count). The van der Waals surface area contributed by atoms with Crippen molar-refractivity contribution in [2.24, 2.45) is 0 Å². The third-order valence-electron chi connectivity index (χ3n) is 4.00. The highest BCUT2D eigenvalue weighted by Gasteiger charge is 2.35. The molecule has 1 heterocycles. The zero-order chi connectivity index (χ0) is 13.9. The molecule has 1 aliphatic rings. The van der Waals surface area contributed by atoms with Gasteiger partial charge in [0.25, 0.3) is 5.56 Å². The van der Waals surface area contributed by atoms with Crippen molar-refractivity contribution in [2.75, 3.05) is 7.11 Å². The first-order valence-corrected chi connectivity index (χ1v) is 7.76. The van der Waals surface area contributed by atoms with Gasteiger partial charge >= 0.3 is 0 Å². The van der Waals surface area contributed by atoms with E-state index in [1.54, 1.807) is 7.11 Å². The fourth-order valence-electron chi connectivity index (χ4n) is 2.79. The number of rotatable bonds is 3. The predicted molar refractivity (Wildman–Crippen MR) is 78.3 cm³/mol. The molecular formula is C14H21BrN2O2. The largest absolute Gasteiger partial charge is 0.370 e. The molecule has 1 fully saturated rings. The molecule has 0 amide bonds. The molecule has 5 heteroatoms. The van der Waals surface area contributed by atoms with E-state index in [2.05, 4.69) is 25.9 Å². The van der Waals surface area contributed by atoms with E-state index in [1.807, 2.05) is 6.92 Å². The Morgan fingerprint density at radius 2 is 1.95 bits per heavy atom. The third kappa shape index (κ3) is 2.92. The lowest BCUT2D eigenvalue weighted by Crippen LogP contribution is -2.33. The molecule has 1 aromatic heterocycles. The van der Waals surface area contributed by atoms with Gasteiger partial charge in [-0.3, -0.25) is 4.79 Å². The summed E-state index contributed by atoms with van der Waals surface area (Å²) >= 11 is 3.31. The van der Waals surface area contributed by atoms with E-state index in [-0.39, 0.29) is 5.56 Å². The van der Waals surface area contributed by atoms with Gasteiger partial charge in [0.1, 0.15) is 15.9 Å². The number of ether oxygens (including phenoxy) is 1. The highest BCUT2D eigenvalue weighted by molar-refractivity contribution is 9.10. The molecule has 106 valence electrons. The van der Waals surface area contributed by atoms with Crippen molar-refractivity contribution in [3.63, 3.8) is 0 Å². The minimum Gasteiger partial charge on any atom is -0.370 e. The van der Waals surface area contributed by atoms with Crippen LogP contribution in [0.5, 0.6) is 0 Å². The van der Waals surface area contributed by atoms with Crippen LogP contribution in [0.3, 0.4) is 0 Å². The number of nitrogens with one attached hydrogen (secondary N) is 1. The zero-order valence-corrected chi connectivity index (χ0v) is 13.2. The minimum absolute atomic E-state index is 0.109. The minimum atomic E-state index is -0.416. The summed E-state index contributed by atoms with van der Waals surface area (Å²) in [5, 5.41) is 0. The Bertz CT molecular complexity index is 491. The molecular weight excluding hydrogens is 308 g/mol. The summed E-state index contributed by atoms with van der Waals surface area (Å²) in [6, 6.07) is 0. The van der Waals surface area contributed by atoms with Gasteiger partial charge in [-0.25, -0.2) is 4.98 Å². The van der Waals surface area contributed by atoms with Crippen molar-refractivity contribution < 1.29 is 4.74 Å². The second kappa shape index (κ2) is 6.18. The maximum atomic E-state index is 12.0. The number of methoxy groups -OCH3 is 1. The van der Waals surface area contributed by atoms with E-state index in [0.29, 0.717) is 10.3 Å². The predicted octanol–water partition coefficient (Wildman–Crippen LogP) is 3.29. The molecule has 0 aromatic carbocycles. The SMILES string of the molecule is CCc1nc(C2(OC)CCCCCC2)[nH]c(=O)c1Br. The zero-order valence-electron chi connectivity index (χ0n) is 11.6. The highest BCUT2D eigenvalue weighted by atomic mass is 79.9. The second-order valence-corrected chi connectivity index (χ2v) is 5.93. The maximum absolute atomic E-state index is 12.0. The standard InChI is InChI=1S/C14H21BrN2O2/c1-3-10-11(15)12(18)17-13(16-10)14(19-2)8-6-4-5-7-9-14/h3-9H2,1-2H3,(H,16,17,18). The van der Waals surface area contributed by atoms with Crippen LogP contribution in [0, 0.1) is 0 Å². The van der Waals surface area contributed by atoms with E-state index in [4.69, 9.17) is 4.74 Å². The van der Waals surface area contributed by atoms with Gasteiger partial charge in [0.2, 0.25) is 0 Å². The quantitative estimate of drug-likeness (QED) is 0.866. The van der Waals surface area contributed by atoms with Crippen LogP contribution in [0.1, 0.15) is 57.0 Å². The monoisotopic (exact) mass is 328 g/mol. The summed E-state index contributed by atoms with van der Waals surface area (Å²) in [4.78, 5) is 19.5. The Morgan fingerprint density at radius 3 is 2.47 bits per heavy atom. The average molecular weight is 329 g/mol. The lowest BCUT2D eigenvalue weighted by molar-refractivity contribution is -0.0355. The number of hydrogen-bond donors (Lipinski definition) is 1. The summed E-state index contributed by atoms with van der Waals surface area (Å²) in [5.74, 6) is 0.696. The van der Waals surface area contributed by atoms with E-state index in [0.717, 1.165) is 37.8 Å². The van der Waals surface area contributed by atoms with Crippen molar-refractivity contribution in [3.05, 3.63) is 26.3 Å². The van der Waals surface area contributed by atoms with Crippen LogP contribution in [-0.2, 0) is 16.8 Å². The van der Waals surface area contributed by atoms with Crippen LogP contribution in [0.4, 0.5) is 0 Å². The molecule has 0 unspecified atom stereocenters. The normalized spacial score (nSPS) is 19.1. The first-order valence-electron chi connectivity index (χ1n) is 6.97. The molecule has 0 radical (unpaired) electrons.